The molecule has 2 aromatic rings. The van der Waals surface area contributed by atoms with E-state index < -0.39 is 21.9 Å². The number of carbonyl (C=O) groups excluding carboxylic acids is 1. The quantitative estimate of drug-likeness (QED) is 0.687. The second-order valence-electron chi connectivity index (χ2n) is 6.99. The maximum absolute atomic E-state index is 12.7. The Kier molecular flexibility index (Phi) is 6.26. The van der Waals surface area contributed by atoms with E-state index in [1.807, 2.05) is 30.3 Å². The fourth-order valence-corrected chi connectivity index (χ4v) is 4.96. The Hall–Kier alpha value is -2.51. The van der Waals surface area contributed by atoms with Gasteiger partial charge in [-0.3, -0.25) is 9.59 Å². The molecule has 0 saturated carbocycles. The van der Waals surface area contributed by atoms with E-state index in [4.69, 9.17) is 0 Å². The van der Waals surface area contributed by atoms with Crippen molar-refractivity contribution in [2.45, 2.75) is 30.6 Å². The highest BCUT2D eigenvalue weighted by molar-refractivity contribution is 7.89. The molecular formula is C21H23NO5S. The molecule has 148 valence electrons. The molecule has 1 unspecified atom stereocenters. The number of carboxylic acid groups (broad SMARTS) is 1. The summed E-state index contributed by atoms with van der Waals surface area (Å²) in [6, 6.07) is 15.0. The summed E-state index contributed by atoms with van der Waals surface area (Å²) in [5.41, 5.74) is 1.06. The zero-order valence-electron chi connectivity index (χ0n) is 15.5. The Labute approximate surface area is 164 Å². The Morgan fingerprint density at radius 1 is 1.00 bits per heavy atom. The van der Waals surface area contributed by atoms with Gasteiger partial charge in [0.1, 0.15) is 0 Å². The lowest BCUT2D eigenvalue weighted by molar-refractivity contribution is -0.141. The van der Waals surface area contributed by atoms with E-state index in [9.17, 15) is 23.1 Å². The third-order valence-electron chi connectivity index (χ3n) is 4.96. The predicted octanol–water partition coefficient (Wildman–Crippen LogP) is 2.99. The van der Waals surface area contributed by atoms with Gasteiger partial charge in [-0.2, -0.15) is 4.31 Å². The second kappa shape index (κ2) is 8.67. The number of hydrogen-bond donors (Lipinski definition) is 1. The summed E-state index contributed by atoms with van der Waals surface area (Å²) in [6.07, 6.45) is 1.72. The zero-order chi connectivity index (χ0) is 20.1. The predicted molar refractivity (Wildman–Crippen MR) is 105 cm³/mol. The van der Waals surface area contributed by atoms with Crippen LogP contribution in [0, 0.1) is 5.92 Å². The number of Topliss-reactive ketones (excluding diaryl/α,β-unsaturated/α-hetero) is 1. The van der Waals surface area contributed by atoms with Gasteiger partial charge in [0.05, 0.1) is 10.8 Å². The number of nitrogens with zero attached hydrogens (tertiary/aromatic N) is 1. The normalized spacial score (nSPS) is 16.0. The minimum atomic E-state index is -3.62. The largest absolute Gasteiger partial charge is 0.481 e. The van der Waals surface area contributed by atoms with Gasteiger partial charge in [0, 0.05) is 25.1 Å². The molecule has 1 heterocycles. The Morgan fingerprint density at radius 3 is 2.32 bits per heavy atom. The minimum Gasteiger partial charge on any atom is -0.481 e. The first kappa shape index (κ1) is 20.2. The third-order valence-corrected chi connectivity index (χ3v) is 6.86. The zero-order valence-corrected chi connectivity index (χ0v) is 16.3. The first-order chi connectivity index (χ1) is 13.4. The number of benzene rings is 2. The molecule has 0 bridgehead atoms. The average Bonchev–Trinajstić information content (AvgIpc) is 3.24. The van der Waals surface area contributed by atoms with Gasteiger partial charge in [-0.25, -0.2) is 8.42 Å². The number of rotatable bonds is 8. The number of sulfonamides is 1. The molecule has 1 fully saturated rings. The number of hydrogen-bond acceptors (Lipinski definition) is 4. The van der Waals surface area contributed by atoms with Crippen molar-refractivity contribution in [2.24, 2.45) is 5.92 Å². The summed E-state index contributed by atoms with van der Waals surface area (Å²) < 4.78 is 26.8. The third kappa shape index (κ3) is 4.66. The molecule has 1 atom stereocenters. The maximum atomic E-state index is 12.7. The number of aliphatic carboxylic acids is 1. The van der Waals surface area contributed by atoms with Crippen LogP contribution >= 0.6 is 0 Å². The molecule has 0 aliphatic carbocycles. The fourth-order valence-electron chi connectivity index (χ4n) is 3.39. The van der Waals surface area contributed by atoms with Crippen molar-refractivity contribution in [3.63, 3.8) is 0 Å². The summed E-state index contributed by atoms with van der Waals surface area (Å²) in [6.45, 7) is 0.970. The highest BCUT2D eigenvalue weighted by Crippen LogP contribution is 2.23. The van der Waals surface area contributed by atoms with E-state index in [0.29, 0.717) is 13.1 Å². The van der Waals surface area contributed by atoms with Crippen LogP contribution in [0.5, 0.6) is 0 Å². The lowest BCUT2D eigenvalue weighted by atomic mass is 9.92. The maximum Gasteiger partial charge on any atom is 0.307 e. The van der Waals surface area contributed by atoms with Crippen molar-refractivity contribution >= 4 is 21.8 Å². The molecule has 6 nitrogen and oxygen atoms in total. The molecule has 0 amide bonds. The van der Waals surface area contributed by atoms with E-state index in [2.05, 4.69) is 0 Å². The summed E-state index contributed by atoms with van der Waals surface area (Å²) in [5.74, 6) is -2.28. The molecule has 28 heavy (non-hydrogen) atoms. The topological polar surface area (TPSA) is 91.7 Å². The van der Waals surface area contributed by atoms with E-state index in [0.717, 1.165) is 18.4 Å². The minimum absolute atomic E-state index is 0.0789. The first-order valence-electron chi connectivity index (χ1n) is 9.28. The van der Waals surface area contributed by atoms with Crippen molar-refractivity contribution in [1.82, 2.24) is 4.31 Å². The van der Waals surface area contributed by atoms with E-state index in [-0.39, 0.29) is 29.1 Å². The van der Waals surface area contributed by atoms with Gasteiger partial charge < -0.3 is 5.11 Å². The van der Waals surface area contributed by atoms with Crippen LogP contribution in [0.4, 0.5) is 0 Å². The number of ketones is 1. The van der Waals surface area contributed by atoms with Gasteiger partial charge in [0.2, 0.25) is 10.0 Å². The molecule has 1 saturated heterocycles. The highest BCUT2D eigenvalue weighted by Gasteiger charge is 2.28. The molecule has 1 N–H and O–H groups in total. The molecular weight excluding hydrogens is 378 g/mol. The smallest absolute Gasteiger partial charge is 0.307 e. The Bertz CT molecular complexity index is 950. The summed E-state index contributed by atoms with van der Waals surface area (Å²) in [4.78, 5) is 24.4. The van der Waals surface area contributed by atoms with Crippen LogP contribution in [0.3, 0.4) is 0 Å². The van der Waals surface area contributed by atoms with Crippen LogP contribution in [0.2, 0.25) is 0 Å². The lowest BCUT2D eigenvalue weighted by Crippen LogP contribution is -2.28. The number of carbonyl (C=O) groups is 2. The van der Waals surface area contributed by atoms with Crippen molar-refractivity contribution in [3.05, 3.63) is 65.7 Å². The lowest BCUT2D eigenvalue weighted by Gasteiger charge is -2.16. The van der Waals surface area contributed by atoms with E-state index in [1.165, 1.54) is 28.6 Å². The summed E-state index contributed by atoms with van der Waals surface area (Å²) in [5, 5.41) is 9.50. The molecule has 7 heteroatoms. The summed E-state index contributed by atoms with van der Waals surface area (Å²) >= 11 is 0. The summed E-state index contributed by atoms with van der Waals surface area (Å²) in [7, 11) is -3.62. The van der Waals surface area contributed by atoms with Crippen LogP contribution < -0.4 is 0 Å². The standard InChI is InChI=1S/C21H23NO5S/c23-20(15-18(21(24)25)13-16-7-2-1-3-8-16)17-9-6-10-19(14-17)28(26,27)22-11-4-5-12-22/h1-3,6-10,14,18H,4-5,11-13,15H2,(H,24,25). The molecule has 3 rings (SSSR count). The van der Waals surface area contributed by atoms with Crippen LogP contribution in [-0.2, 0) is 21.2 Å². The SMILES string of the molecule is O=C(CC(Cc1ccccc1)C(=O)O)c1cccc(S(=O)(=O)N2CCCC2)c1. The van der Waals surface area contributed by atoms with Crippen LogP contribution in [-0.4, -0.2) is 42.7 Å². The molecule has 1 aliphatic rings. The van der Waals surface area contributed by atoms with Gasteiger partial charge >= 0.3 is 5.97 Å². The van der Waals surface area contributed by atoms with Crippen LogP contribution in [0.15, 0.2) is 59.5 Å². The van der Waals surface area contributed by atoms with Crippen molar-refractivity contribution in [1.29, 1.82) is 0 Å². The molecule has 0 spiro atoms. The monoisotopic (exact) mass is 401 g/mol. The fraction of sp³-hybridized carbons (Fsp3) is 0.333. The first-order valence-corrected chi connectivity index (χ1v) is 10.7. The van der Waals surface area contributed by atoms with Crippen molar-refractivity contribution in [3.8, 4) is 0 Å². The number of carboxylic acids is 1. The average molecular weight is 401 g/mol. The van der Waals surface area contributed by atoms with Crippen LogP contribution in [0.1, 0.15) is 35.2 Å². The van der Waals surface area contributed by atoms with E-state index in [1.54, 1.807) is 0 Å². The van der Waals surface area contributed by atoms with Gasteiger partial charge in [0.25, 0.3) is 0 Å². The molecule has 0 radical (unpaired) electrons. The van der Waals surface area contributed by atoms with Crippen molar-refractivity contribution in [2.75, 3.05) is 13.1 Å². The van der Waals surface area contributed by atoms with Gasteiger partial charge in [0.15, 0.2) is 5.78 Å². The van der Waals surface area contributed by atoms with Crippen LogP contribution in [0.25, 0.3) is 0 Å². The highest BCUT2D eigenvalue weighted by atomic mass is 32.2. The van der Waals surface area contributed by atoms with E-state index >= 15 is 0 Å². The molecule has 1 aliphatic heterocycles. The molecule has 0 aromatic heterocycles. The van der Waals surface area contributed by atoms with Gasteiger partial charge in [-0.05, 0) is 37.0 Å². The molecule has 2 aromatic carbocycles. The van der Waals surface area contributed by atoms with Gasteiger partial charge in [-0.1, -0.05) is 42.5 Å². The van der Waals surface area contributed by atoms with Gasteiger partial charge in [-0.15, -0.1) is 0 Å². The van der Waals surface area contributed by atoms with Crippen molar-refractivity contribution < 1.29 is 23.1 Å². The second-order valence-corrected chi connectivity index (χ2v) is 8.93. The Morgan fingerprint density at radius 2 is 1.68 bits per heavy atom. The Balaban J connectivity index is 1.77.